The van der Waals surface area contributed by atoms with Crippen LogP contribution in [-0.4, -0.2) is 0 Å². The molecule has 0 heteroatoms. The lowest BCUT2D eigenvalue weighted by atomic mass is 12.0. The molecule has 96 valence electrons. The number of hydrogen-bond acceptors (Lipinski definition) is 0. The molecule has 4 heavy (non-hydrogen) atoms. The van der Waals surface area contributed by atoms with Crippen molar-refractivity contribution in [3.05, 3.63) is 0 Å². The molecule has 0 nitrogen and oxygen atoms in total. The molecular weight excluding hydrogens is 48.0 g/mol. The van der Waals surface area contributed by atoms with Gasteiger partial charge in [0.05, 0.1) is 0 Å². The molecule has 0 fully saturated rings. The molecule has 0 rings (SSSR count). The molecule has 0 aliphatic rings. The van der Waals surface area contributed by atoms with Gasteiger partial charge in [-0.25, -0.2) is 0 Å². The van der Waals surface area contributed by atoms with Crippen molar-refractivity contribution < 1.29 is 85.8 Å². The van der Waals surface area contributed by atoms with Gasteiger partial charge >= 0.3 is 0 Å². The standard InChI is InChI=1S/4CH4.32H2/h4*1H4;32*1H/i;;;;26*1+1D;6*1+1. The fourth-order valence-corrected chi connectivity index (χ4v) is 0. The van der Waals surface area contributed by atoms with E-state index in [1.165, 1.54) is 0 Å². The van der Waals surface area contributed by atoms with Gasteiger partial charge in [0.25, 0.3) is 0 Å². The first-order valence-corrected chi connectivity index (χ1v) is 0. The molecule has 0 amide bonds. The molecule has 0 aromatic rings. The van der Waals surface area contributed by atoms with Crippen molar-refractivity contribution in [1.29, 1.82) is 0 Å². The fourth-order valence-electron chi connectivity index (χ4n) is 0. The van der Waals surface area contributed by atoms with Crippen molar-refractivity contribution in [1.82, 2.24) is 0 Å². The summed E-state index contributed by atoms with van der Waals surface area (Å²) in [5.41, 5.74) is 0. The zero-order valence-electron chi connectivity index (χ0n) is 52.0. The monoisotopic (exact) mass is 187 g/mol. The minimum absolute atomic E-state index is 0. The minimum atomic E-state index is 0. The van der Waals surface area contributed by atoms with Gasteiger partial charge in [-0.3, -0.25) is 0 Å². The lowest BCUT2D eigenvalue weighted by molar-refractivity contribution is 2.50. The molecule has 0 saturated carbocycles. The summed E-state index contributed by atoms with van der Waals surface area (Å²) in [6, 6.07) is 0. The van der Waals surface area contributed by atoms with Gasteiger partial charge in [0, 0.05) is 85.8 Å². The maximum atomic E-state index is 5.00. The Balaban J connectivity index is -0.00000000331. The first-order valence-electron chi connectivity index (χ1n) is 26.0. The third-order valence-electron chi connectivity index (χ3n) is 0. The second-order valence-electron chi connectivity index (χ2n) is 0. The van der Waals surface area contributed by atoms with Crippen molar-refractivity contribution in [2.24, 2.45) is 0 Å². The van der Waals surface area contributed by atoms with E-state index < -0.39 is 0 Å². The van der Waals surface area contributed by atoms with Crippen LogP contribution < -0.4 is 0 Å². The number of hydrogen-bond donors (Lipinski definition) is 0. The lowest BCUT2D eigenvalue weighted by Crippen LogP contribution is 0.143. The summed E-state index contributed by atoms with van der Waals surface area (Å²) in [6.07, 6.45) is 0. The highest BCUT2D eigenvalue weighted by Crippen LogP contribution is 0.147. The van der Waals surface area contributed by atoms with Crippen LogP contribution >= 0.6 is 0 Å². The first-order chi connectivity index (χ1) is 26.0. The van der Waals surface area contributed by atoms with Crippen LogP contribution in [0.5, 0.6) is 0 Å². The Kier molecular flexibility index (Phi) is 0. The summed E-state index contributed by atoms with van der Waals surface area (Å²) >= 11 is 0. The Morgan fingerprint density at radius 1 is 0.750 bits per heavy atom. The van der Waals surface area contributed by atoms with Crippen LogP contribution in [0.1, 0.15) is 115 Å². The number of rotatable bonds is 0. The molecule has 0 radical (unpaired) electrons. The van der Waals surface area contributed by atoms with Gasteiger partial charge in [-0.1, -0.05) is 29.7 Å². The van der Waals surface area contributed by atoms with Crippen LogP contribution in [0.2, 0.25) is 0 Å². The quantitative estimate of drug-likeness (QED) is 0.353. The predicted molar refractivity (Wildman–Crippen MR) is 94.6 cm³/mol. The van der Waals surface area contributed by atoms with Gasteiger partial charge in [0.1, 0.15) is 0 Å². The van der Waals surface area contributed by atoms with Crippen molar-refractivity contribution in [2.45, 2.75) is 29.7 Å². The van der Waals surface area contributed by atoms with Gasteiger partial charge in [-0.05, 0) is 0 Å². The van der Waals surface area contributed by atoms with E-state index in [4.69, 9.17) is 77.2 Å². The van der Waals surface area contributed by atoms with E-state index in [9.17, 15) is 0 Å². The lowest BCUT2D eigenvalue weighted by Gasteiger charge is -0.0786. The highest BCUT2D eigenvalue weighted by atomic mass is 12.0. The first kappa shape index (κ1) is 0.0533. The summed E-state index contributed by atoms with van der Waals surface area (Å²) in [7, 11) is 0. The summed E-state index contributed by atoms with van der Waals surface area (Å²) in [6.45, 7) is 0. The third kappa shape index (κ3) is 0. The minimum Gasteiger partial charge on any atom is -0.0776 e. The van der Waals surface area contributed by atoms with E-state index in [1.54, 1.807) is 0 Å². The molecule has 0 aromatic carbocycles. The van der Waals surface area contributed by atoms with Crippen LogP contribution in [0.15, 0.2) is 0 Å². The van der Waals surface area contributed by atoms with Crippen molar-refractivity contribution in [3.63, 3.8) is 0 Å². The SMILES string of the molecule is C.C.C.C.[2HH].[2HH].[2HH].[2HH].[2HH].[2HH].[2H][2H].[2H][2H].[2H][2H].[2H][2H].[2H][2H].[2H][2H].[2H][2H].[2H][2H].[2H][2H].[2H][2H].[2H][2H].[2H][2H].[2H][2H].[2H][2H].[2H][2H].[2H][2H].[2H][2H].[2H][2H].[2H][2H].[2H][2H].[2H][2H].[2H][2H].[2H][2H].[2H][2H].[2H][2H].[2H][2H]. The second-order valence-corrected chi connectivity index (χ2v) is 0. The van der Waals surface area contributed by atoms with Gasteiger partial charge < -0.3 is 0 Å². The Labute approximate surface area is 120 Å². The van der Waals surface area contributed by atoms with Crippen LogP contribution in [0.25, 0.3) is 0 Å². The summed E-state index contributed by atoms with van der Waals surface area (Å²) in [5.74, 6) is 0. The molecule has 0 aliphatic heterocycles. The van der Waals surface area contributed by atoms with Gasteiger partial charge in [-0.15, -0.1) is 0 Å². The maximum Gasteiger partial charge on any atom is 0 e. The van der Waals surface area contributed by atoms with E-state index in [0.29, 0.717) is 0 Å². The van der Waals surface area contributed by atoms with E-state index in [0.717, 1.165) is 0 Å². The van der Waals surface area contributed by atoms with E-state index in [-0.39, 0.29) is 38.3 Å². The van der Waals surface area contributed by atoms with E-state index in [1.807, 2.05) is 0 Å². The molecule has 0 bridgehead atoms. The molecular formula is C4H80. The Morgan fingerprint density at radius 3 is 0.750 bits per heavy atom. The zero-order valence-corrected chi connectivity index (χ0v) is 0. The Morgan fingerprint density at radius 2 is 0.750 bits per heavy atom. The molecule has 0 N–H and O–H groups in total. The van der Waals surface area contributed by atoms with Crippen LogP contribution in [0.3, 0.4) is 0 Å². The molecule has 0 atom stereocenters. The Bertz CT molecular complexity index is 21.4. The largest absolute Gasteiger partial charge is 0.0776 e. The summed E-state index contributed by atoms with van der Waals surface area (Å²) in [4.78, 5) is 0. The molecule has 0 saturated heterocycles. The van der Waals surface area contributed by atoms with Crippen LogP contribution in [-0.2, 0) is 0 Å². The maximum absolute atomic E-state index is 5.00. The van der Waals surface area contributed by atoms with E-state index in [2.05, 4.69) is 0 Å². The second kappa shape index (κ2) is 0. The summed E-state index contributed by atoms with van der Waals surface area (Å²) in [5, 5.41) is 0. The molecule has 0 heterocycles. The predicted octanol–water partition coefficient (Wildman–Crippen LogP) is 10.4. The van der Waals surface area contributed by atoms with Crippen LogP contribution in [0, 0.1) is 0 Å². The molecule has 0 unspecified atom stereocenters. The van der Waals surface area contributed by atoms with Crippen molar-refractivity contribution in [3.8, 4) is 0 Å². The average Bonchev–Trinajstić information content (AvgIpc) is 3.40. The highest BCUT2D eigenvalue weighted by Gasteiger charge is -0.0746. The van der Waals surface area contributed by atoms with Gasteiger partial charge in [0.15, 0.2) is 0 Å². The van der Waals surface area contributed by atoms with E-state index >= 15 is 0 Å². The van der Waals surface area contributed by atoms with Crippen LogP contribution in [0.4, 0.5) is 0 Å². The van der Waals surface area contributed by atoms with Crippen molar-refractivity contribution >= 4 is 0 Å². The smallest absolute Gasteiger partial charge is 0 e. The fraction of sp³-hybridized carbons (Fsp3) is 1.00. The zero-order chi connectivity index (χ0) is 52.0. The highest BCUT2D eigenvalue weighted by molar-refractivity contribution is 2.51. The topological polar surface area (TPSA) is 0 Å². The average molecular weight is 187 g/mol. The Hall–Kier alpha value is 0. The van der Waals surface area contributed by atoms with Gasteiger partial charge in [0.2, 0.25) is 0 Å². The molecule has 0 aliphatic carbocycles. The molecule has 0 spiro atoms. The van der Waals surface area contributed by atoms with Crippen molar-refractivity contribution in [2.75, 3.05) is 0 Å². The molecule has 0 aromatic heterocycles. The van der Waals surface area contributed by atoms with Gasteiger partial charge in [-0.2, -0.15) is 0 Å². The normalized spacial score (nSPS) is 52.0. The third-order valence-corrected chi connectivity index (χ3v) is 0. The summed E-state index contributed by atoms with van der Waals surface area (Å²) < 4.78 is 260.